The molecule has 2 aromatic heterocycles. The van der Waals surface area contributed by atoms with E-state index < -0.39 is 41.3 Å². The summed E-state index contributed by atoms with van der Waals surface area (Å²) in [7, 11) is 0. The van der Waals surface area contributed by atoms with Crippen LogP contribution in [-0.2, 0) is 35.0 Å². The van der Waals surface area contributed by atoms with Gasteiger partial charge in [0.15, 0.2) is 0 Å². The van der Waals surface area contributed by atoms with Crippen LogP contribution in [0.5, 0.6) is 0 Å². The highest BCUT2D eigenvalue weighted by molar-refractivity contribution is 6.23. The number of fused-ring (bicyclic) bond motifs is 2. The summed E-state index contributed by atoms with van der Waals surface area (Å²) in [6, 6.07) is 11.9. The van der Waals surface area contributed by atoms with Crippen LogP contribution in [0.2, 0.25) is 0 Å². The summed E-state index contributed by atoms with van der Waals surface area (Å²) in [5.41, 5.74) is 4.38. The molecule has 2 atom stereocenters. The molecule has 19 heteroatoms. The highest BCUT2D eigenvalue weighted by atomic mass is 19.1. The molecule has 0 aliphatic carbocycles. The second-order valence-electron chi connectivity index (χ2n) is 16.7. The monoisotopic (exact) mass is 905 g/mol. The number of carbonyl (C=O) groups excluding carboxylic acids is 5. The van der Waals surface area contributed by atoms with Crippen molar-refractivity contribution in [2.75, 3.05) is 71.1 Å². The minimum Gasteiger partial charge on any atom is -0.383 e. The third kappa shape index (κ3) is 9.69. The Bertz CT molecular complexity index is 2640. The Hall–Kier alpha value is -6.54. The quantitative estimate of drug-likeness (QED) is 0.0947. The van der Waals surface area contributed by atoms with Crippen molar-refractivity contribution in [2.45, 2.75) is 56.7 Å². The van der Waals surface area contributed by atoms with Crippen molar-refractivity contribution in [3.05, 3.63) is 95.4 Å². The largest absolute Gasteiger partial charge is 0.383 e. The number of ether oxygens (including phenoxy) is 3. The zero-order valence-electron chi connectivity index (χ0n) is 36.1. The van der Waals surface area contributed by atoms with Gasteiger partial charge in [-0.25, -0.2) is 13.8 Å². The van der Waals surface area contributed by atoms with Crippen LogP contribution in [0.15, 0.2) is 67.1 Å². The Morgan fingerprint density at radius 2 is 1.67 bits per heavy atom. The van der Waals surface area contributed by atoms with Crippen LogP contribution in [0.4, 0.5) is 14.5 Å². The molecule has 4 aliphatic rings. The molecule has 0 bridgehead atoms. The molecule has 0 saturated carbocycles. The fourth-order valence-electron chi connectivity index (χ4n) is 8.87. The number of hydrogen-bond acceptors (Lipinski definition) is 13. The van der Waals surface area contributed by atoms with Crippen molar-refractivity contribution in [2.24, 2.45) is 0 Å². The van der Waals surface area contributed by atoms with E-state index in [1.165, 1.54) is 12.1 Å². The molecule has 9 rings (SSSR count). The van der Waals surface area contributed by atoms with E-state index in [1.54, 1.807) is 42.7 Å². The molecule has 344 valence electrons. The smallest absolute Gasteiger partial charge is 0.262 e. The highest BCUT2D eigenvalue weighted by Gasteiger charge is 2.44. The molecule has 3 aromatic carbocycles. The maximum Gasteiger partial charge on any atom is 0.262 e. The van der Waals surface area contributed by atoms with E-state index in [4.69, 9.17) is 19.2 Å². The van der Waals surface area contributed by atoms with Gasteiger partial charge >= 0.3 is 0 Å². The maximum atomic E-state index is 15.4. The van der Waals surface area contributed by atoms with Gasteiger partial charge in [-0.15, -0.1) is 0 Å². The van der Waals surface area contributed by atoms with Crippen LogP contribution < -0.4 is 16.0 Å². The summed E-state index contributed by atoms with van der Waals surface area (Å²) in [6.45, 7) is 4.57. The van der Waals surface area contributed by atoms with Gasteiger partial charge in [-0.05, 0) is 61.2 Å². The first kappa shape index (κ1) is 44.7. The van der Waals surface area contributed by atoms with E-state index in [-0.39, 0.29) is 67.0 Å². The Morgan fingerprint density at radius 3 is 2.44 bits per heavy atom. The molecule has 3 N–H and O–H groups in total. The number of nitrogens with zero attached hydrogens (tertiary/aromatic N) is 6. The summed E-state index contributed by atoms with van der Waals surface area (Å²) in [5.74, 6) is -3.46. The molecule has 0 spiro atoms. The first-order chi connectivity index (χ1) is 32.1. The number of imide groups is 2. The number of rotatable bonds is 16. The number of benzene rings is 3. The summed E-state index contributed by atoms with van der Waals surface area (Å²) in [6.07, 6.45) is 6.99. The Balaban J connectivity index is 0.690. The SMILES string of the molecule is O=C1CCC(N2C(=O)c3ccc(NCCOCCOCCC(=O)N4CCC(n5cc(-c6cnc7cccc(-c8cc(F)c(CC9CNCCO9)c(F)c8)c7n6)cn5)CC4)cc3C2=O)C(=O)N1. The average Bonchev–Trinajstić information content (AvgIpc) is 3.92. The van der Waals surface area contributed by atoms with Crippen molar-refractivity contribution in [1.82, 2.24) is 40.2 Å². The fraction of sp³-hybridized carbons (Fsp3) is 0.404. The van der Waals surface area contributed by atoms with Gasteiger partial charge in [0.1, 0.15) is 17.7 Å². The van der Waals surface area contributed by atoms with Gasteiger partial charge < -0.3 is 29.7 Å². The van der Waals surface area contributed by atoms with Crippen LogP contribution in [0.3, 0.4) is 0 Å². The number of piperidine rings is 2. The van der Waals surface area contributed by atoms with E-state index in [0.717, 1.165) is 23.3 Å². The second-order valence-corrected chi connectivity index (χ2v) is 16.7. The van der Waals surface area contributed by atoms with Gasteiger partial charge in [0, 0.05) is 74.1 Å². The molecule has 0 radical (unpaired) electrons. The number of hydrogen-bond donors (Lipinski definition) is 3. The number of para-hydroxylation sites is 1. The number of anilines is 1. The third-order valence-electron chi connectivity index (χ3n) is 12.4. The highest BCUT2D eigenvalue weighted by Crippen LogP contribution is 2.33. The van der Waals surface area contributed by atoms with Crippen molar-refractivity contribution < 1.29 is 47.0 Å². The molecular formula is C47H49F2N9O8. The molecule has 6 heterocycles. The number of amides is 5. The van der Waals surface area contributed by atoms with Crippen LogP contribution in [0.1, 0.15) is 64.4 Å². The van der Waals surface area contributed by atoms with Crippen molar-refractivity contribution in [1.29, 1.82) is 0 Å². The Morgan fingerprint density at radius 1 is 0.879 bits per heavy atom. The Kier molecular flexibility index (Phi) is 13.5. The maximum absolute atomic E-state index is 15.4. The van der Waals surface area contributed by atoms with E-state index in [1.807, 2.05) is 21.8 Å². The molecule has 3 fully saturated rings. The van der Waals surface area contributed by atoms with Crippen molar-refractivity contribution >= 4 is 46.3 Å². The number of halogens is 2. The number of carbonyl (C=O) groups is 5. The summed E-state index contributed by atoms with van der Waals surface area (Å²) >= 11 is 0. The van der Waals surface area contributed by atoms with Crippen LogP contribution in [0, 0.1) is 11.6 Å². The second kappa shape index (κ2) is 19.9. The van der Waals surface area contributed by atoms with Crippen molar-refractivity contribution in [3.63, 3.8) is 0 Å². The van der Waals surface area contributed by atoms with Gasteiger partial charge in [0.05, 0.1) is 91.8 Å². The topological polar surface area (TPSA) is 199 Å². The summed E-state index contributed by atoms with van der Waals surface area (Å²) in [5, 5.41) is 13.2. The summed E-state index contributed by atoms with van der Waals surface area (Å²) < 4.78 is 49.6. The number of likely N-dealkylation sites (tertiary alicyclic amines) is 1. The van der Waals surface area contributed by atoms with E-state index in [9.17, 15) is 24.0 Å². The number of nitrogens with one attached hydrogen (secondary N) is 3. The molecule has 5 amide bonds. The van der Waals surface area contributed by atoms with Crippen LogP contribution in [-0.4, -0.2) is 137 Å². The van der Waals surface area contributed by atoms with Gasteiger partial charge in [-0.1, -0.05) is 12.1 Å². The fourth-order valence-corrected chi connectivity index (χ4v) is 8.87. The summed E-state index contributed by atoms with van der Waals surface area (Å²) in [4.78, 5) is 75.1. The average molecular weight is 906 g/mol. The molecule has 5 aromatic rings. The van der Waals surface area contributed by atoms with E-state index in [2.05, 4.69) is 26.0 Å². The third-order valence-corrected chi connectivity index (χ3v) is 12.4. The molecular weight excluding hydrogens is 857 g/mol. The minimum atomic E-state index is -1.02. The lowest BCUT2D eigenvalue weighted by atomic mass is 9.98. The lowest BCUT2D eigenvalue weighted by molar-refractivity contribution is -0.136. The van der Waals surface area contributed by atoms with E-state index in [0.29, 0.717) is 92.7 Å². The standard InChI is InChI=1S/C47H49F2N9O8/c48-37-20-28(21-38(49)36(37)23-32-25-50-11-17-66-32)33-2-1-3-39-44(33)54-40(26-52-39)29-24-53-57(27-29)31-8-13-56(14-9-31)43(60)10-15-64-18-19-65-16-12-51-30-4-5-34-35(22-30)47(63)58(46(34)62)41-6-7-42(59)55-45(41)61/h1-5,20-22,24,26-27,31-32,41,50-51H,6-19,23,25H2,(H,55,59,61). The molecule has 2 unspecified atom stereocenters. The van der Waals surface area contributed by atoms with Crippen LogP contribution in [0.25, 0.3) is 33.4 Å². The minimum absolute atomic E-state index is 0.000382. The lowest BCUT2D eigenvalue weighted by Crippen LogP contribution is -2.54. The van der Waals surface area contributed by atoms with Gasteiger partial charge in [0.2, 0.25) is 17.7 Å². The molecule has 4 aliphatic heterocycles. The predicted molar refractivity (Wildman–Crippen MR) is 235 cm³/mol. The first-order valence-corrected chi connectivity index (χ1v) is 22.2. The number of morpholine rings is 1. The predicted octanol–water partition coefficient (Wildman–Crippen LogP) is 4.07. The number of aromatic nitrogens is 4. The lowest BCUT2D eigenvalue weighted by Gasteiger charge is -2.32. The zero-order valence-corrected chi connectivity index (χ0v) is 36.1. The van der Waals surface area contributed by atoms with Crippen LogP contribution >= 0.6 is 0 Å². The first-order valence-electron chi connectivity index (χ1n) is 22.2. The van der Waals surface area contributed by atoms with E-state index >= 15 is 8.78 Å². The Labute approximate surface area is 378 Å². The molecule has 66 heavy (non-hydrogen) atoms. The molecule has 3 saturated heterocycles. The normalized spacial score (nSPS) is 19.1. The zero-order chi connectivity index (χ0) is 45.7. The molecule has 17 nitrogen and oxygen atoms in total. The van der Waals surface area contributed by atoms with Gasteiger partial charge in [-0.2, -0.15) is 5.10 Å². The van der Waals surface area contributed by atoms with Crippen molar-refractivity contribution in [3.8, 4) is 22.4 Å². The van der Waals surface area contributed by atoms with Gasteiger partial charge in [-0.3, -0.25) is 43.9 Å². The van der Waals surface area contributed by atoms with Gasteiger partial charge in [0.25, 0.3) is 11.8 Å².